The minimum Gasteiger partial charge on any atom is -0.458 e. The van der Waals surface area contributed by atoms with Gasteiger partial charge in [-0.25, -0.2) is 0 Å². The van der Waals surface area contributed by atoms with E-state index in [9.17, 15) is 19.5 Å². The first-order chi connectivity index (χ1) is 20.3. The van der Waals surface area contributed by atoms with Gasteiger partial charge in [-0.15, -0.1) is 0 Å². The lowest BCUT2D eigenvalue weighted by molar-refractivity contribution is -0.185. The number of esters is 2. The third-order valence-electron chi connectivity index (χ3n) is 11.3. The maximum absolute atomic E-state index is 14.0. The molecule has 1 N–H and O–H groups in total. The highest BCUT2D eigenvalue weighted by Crippen LogP contribution is 2.46. The summed E-state index contributed by atoms with van der Waals surface area (Å²) in [5.41, 5.74) is -2.11. The molecule has 44 heavy (non-hydrogen) atoms. The van der Waals surface area contributed by atoms with Crippen LogP contribution in [0.5, 0.6) is 0 Å². The molecule has 8 nitrogen and oxygen atoms in total. The third-order valence-corrected chi connectivity index (χ3v) is 11.3. The van der Waals surface area contributed by atoms with Crippen molar-refractivity contribution in [3.63, 3.8) is 0 Å². The summed E-state index contributed by atoms with van der Waals surface area (Å²) < 4.78 is 23.9. The Morgan fingerprint density at radius 2 is 1.64 bits per heavy atom. The maximum Gasteiger partial charge on any atom is 0.309 e. The van der Waals surface area contributed by atoms with Crippen LogP contribution in [0.25, 0.3) is 0 Å². The van der Waals surface area contributed by atoms with Gasteiger partial charge in [0.1, 0.15) is 17.5 Å². The van der Waals surface area contributed by atoms with E-state index in [0.717, 1.165) is 12.8 Å². The topological polar surface area (TPSA) is 108 Å². The summed E-state index contributed by atoms with van der Waals surface area (Å²) in [5.74, 6) is -1.84. The average Bonchev–Trinajstić information content (AvgIpc) is 3.26. The summed E-state index contributed by atoms with van der Waals surface area (Å²) in [6, 6.07) is 0. The molecule has 2 heterocycles. The molecule has 0 amide bonds. The van der Waals surface area contributed by atoms with Gasteiger partial charge in [0, 0.05) is 37.4 Å². The van der Waals surface area contributed by atoms with E-state index in [4.69, 9.17) is 18.9 Å². The number of aliphatic hydroxyl groups excluding tert-OH is 1. The molecule has 2 aliphatic rings. The van der Waals surface area contributed by atoms with Crippen molar-refractivity contribution < 1.29 is 38.4 Å². The number of carbonyl (C=O) groups is 3. The predicted octanol–water partition coefficient (Wildman–Crippen LogP) is 6.64. The van der Waals surface area contributed by atoms with Crippen molar-refractivity contribution in [3.8, 4) is 0 Å². The number of rotatable bonds is 10. The smallest absolute Gasteiger partial charge is 0.309 e. The van der Waals surface area contributed by atoms with E-state index in [1.54, 1.807) is 14.2 Å². The molecule has 1 unspecified atom stereocenters. The fraction of sp³-hybridized carbons (Fsp3) is 0.917. The van der Waals surface area contributed by atoms with Gasteiger partial charge in [-0.2, -0.15) is 0 Å². The Labute approximate surface area is 267 Å². The van der Waals surface area contributed by atoms with Crippen molar-refractivity contribution in [2.75, 3.05) is 20.8 Å². The highest BCUT2D eigenvalue weighted by molar-refractivity contribution is 5.85. The van der Waals surface area contributed by atoms with Gasteiger partial charge in [0.25, 0.3) is 0 Å². The minimum absolute atomic E-state index is 0.0462. The monoisotopic (exact) mass is 624 g/mol. The maximum atomic E-state index is 14.0. The molecule has 8 heteroatoms. The van der Waals surface area contributed by atoms with E-state index in [0.29, 0.717) is 25.9 Å². The van der Waals surface area contributed by atoms with Crippen LogP contribution in [0.4, 0.5) is 0 Å². The Morgan fingerprint density at radius 1 is 1.02 bits per heavy atom. The summed E-state index contributed by atoms with van der Waals surface area (Å²) in [6.45, 7) is 22.5. The lowest BCUT2D eigenvalue weighted by atomic mass is 9.67. The van der Waals surface area contributed by atoms with Crippen LogP contribution < -0.4 is 0 Å². The molecule has 0 radical (unpaired) electrons. The first-order valence-corrected chi connectivity index (χ1v) is 17.0. The molecule has 256 valence electrons. The Hall–Kier alpha value is -1.51. The number of hydrogen-bond donors (Lipinski definition) is 1. The molecule has 0 aromatic rings. The second kappa shape index (κ2) is 15.4. The zero-order chi connectivity index (χ0) is 33.8. The van der Waals surface area contributed by atoms with Gasteiger partial charge >= 0.3 is 11.9 Å². The summed E-state index contributed by atoms with van der Waals surface area (Å²) in [5, 5.41) is 11.1. The Morgan fingerprint density at radius 3 is 2.16 bits per heavy atom. The molecule has 2 saturated heterocycles. The van der Waals surface area contributed by atoms with Crippen molar-refractivity contribution in [1.82, 2.24) is 0 Å². The number of fused-ring (bicyclic) bond motifs is 1. The molecule has 0 aromatic heterocycles. The van der Waals surface area contributed by atoms with E-state index >= 15 is 0 Å². The first kappa shape index (κ1) is 38.7. The molecule has 0 saturated carbocycles. The quantitative estimate of drug-likeness (QED) is 0.269. The van der Waals surface area contributed by atoms with Gasteiger partial charge in [-0.3, -0.25) is 14.4 Å². The number of hydrogen-bond acceptors (Lipinski definition) is 8. The zero-order valence-corrected chi connectivity index (χ0v) is 30.0. The number of ketones is 1. The summed E-state index contributed by atoms with van der Waals surface area (Å²) in [6.07, 6.45) is 2.11. The number of Topliss-reactive ketones (excluding diaryl/α,β-unsaturated/α-hetero) is 1. The van der Waals surface area contributed by atoms with Crippen LogP contribution in [0.2, 0.25) is 0 Å². The Bertz CT molecular complexity index is 981. The van der Waals surface area contributed by atoms with Gasteiger partial charge in [0.15, 0.2) is 0 Å². The predicted molar refractivity (Wildman–Crippen MR) is 172 cm³/mol. The first-order valence-electron chi connectivity index (χ1n) is 17.0. The second-order valence-corrected chi connectivity index (χ2v) is 15.7. The van der Waals surface area contributed by atoms with Crippen LogP contribution in [-0.4, -0.2) is 67.1 Å². The van der Waals surface area contributed by atoms with Gasteiger partial charge < -0.3 is 24.1 Å². The summed E-state index contributed by atoms with van der Waals surface area (Å²) >= 11 is 0. The van der Waals surface area contributed by atoms with Crippen LogP contribution in [0, 0.1) is 52.8 Å². The largest absolute Gasteiger partial charge is 0.458 e. The fourth-order valence-corrected chi connectivity index (χ4v) is 8.90. The van der Waals surface area contributed by atoms with Crippen LogP contribution in [0.15, 0.2) is 0 Å². The van der Waals surface area contributed by atoms with E-state index in [1.807, 2.05) is 48.5 Å². The number of methoxy groups -OCH3 is 2. The Balaban J connectivity index is 2.54. The number of carbonyl (C=O) groups excluding carboxylic acids is 3. The molecule has 0 bridgehead atoms. The van der Waals surface area contributed by atoms with Crippen molar-refractivity contribution in [2.24, 2.45) is 52.8 Å². The van der Waals surface area contributed by atoms with Crippen molar-refractivity contribution in [3.05, 3.63) is 0 Å². The van der Waals surface area contributed by atoms with Gasteiger partial charge in [-0.1, -0.05) is 62.3 Å². The number of cyclic esters (lactones) is 1. The zero-order valence-electron chi connectivity index (χ0n) is 30.0. The lowest BCUT2D eigenvalue weighted by Crippen LogP contribution is -2.51. The Kier molecular flexibility index (Phi) is 13.5. The van der Waals surface area contributed by atoms with Crippen molar-refractivity contribution >= 4 is 17.7 Å². The van der Waals surface area contributed by atoms with E-state index in [-0.39, 0.29) is 53.7 Å². The highest BCUT2D eigenvalue weighted by Gasteiger charge is 2.56. The van der Waals surface area contributed by atoms with E-state index < -0.39 is 46.6 Å². The van der Waals surface area contributed by atoms with Crippen LogP contribution >= 0.6 is 0 Å². The fourth-order valence-electron chi connectivity index (χ4n) is 8.90. The van der Waals surface area contributed by atoms with Crippen molar-refractivity contribution in [1.29, 1.82) is 0 Å². The van der Waals surface area contributed by atoms with E-state index in [2.05, 4.69) is 27.7 Å². The molecule has 2 rings (SSSR count). The molecule has 0 aliphatic carbocycles. The van der Waals surface area contributed by atoms with Gasteiger partial charge in [0.2, 0.25) is 0 Å². The van der Waals surface area contributed by atoms with Crippen LogP contribution in [0.3, 0.4) is 0 Å². The van der Waals surface area contributed by atoms with Crippen LogP contribution in [0.1, 0.15) is 115 Å². The third kappa shape index (κ3) is 8.64. The average molecular weight is 625 g/mol. The standard InChI is InChI=1S/C36H64O8/c1-14-29-36(11)28(16-30(37)44-36)26(8)31(38)24(6)19-35(10,42-13)18-23(5)27(25(7)33(40)43-29)15-22(4)17-34(9,20-41-12)32(39)21(2)3/h21-29,32,39H,14-20H2,1-13H3/t22?,23-,24-,25-,26-,27+,28-,29-,32+,34+,35+,36+/m1/s1. The molecule has 0 aromatic carbocycles. The second-order valence-electron chi connectivity index (χ2n) is 15.7. The molecule has 12 atom stereocenters. The molecule has 2 aliphatic heterocycles. The molecular formula is C36H64O8. The lowest BCUT2D eigenvalue weighted by Gasteiger charge is -2.43. The summed E-state index contributed by atoms with van der Waals surface area (Å²) in [4.78, 5) is 40.5. The van der Waals surface area contributed by atoms with Crippen LogP contribution in [-0.2, 0) is 33.3 Å². The van der Waals surface area contributed by atoms with Crippen molar-refractivity contribution in [2.45, 2.75) is 138 Å². The van der Waals surface area contributed by atoms with Gasteiger partial charge in [-0.05, 0) is 69.6 Å². The summed E-state index contributed by atoms with van der Waals surface area (Å²) in [7, 11) is 3.37. The molecule has 0 spiro atoms. The normalized spacial score (nSPS) is 38.7. The highest BCUT2D eigenvalue weighted by atomic mass is 16.6. The molecule has 2 fully saturated rings. The van der Waals surface area contributed by atoms with Gasteiger partial charge in [0.05, 0.1) is 30.7 Å². The number of aliphatic hydroxyl groups is 1. The minimum atomic E-state index is -1.09. The SMILES string of the molecule is CC[C@H]1OC(=O)[C@H](C)[C@@H](CC(C)C[C@@](C)(COC)[C@@H](O)C(C)C)[C@H](C)C[C@](C)(OC)C[C@@H](C)C(=O)[C@H](C)[C@H]2CC(=O)O[C@@]21C. The van der Waals surface area contributed by atoms with E-state index in [1.165, 1.54) is 0 Å². The molecular weight excluding hydrogens is 560 g/mol. The number of ether oxygens (including phenoxy) is 4.